The fourth-order valence-corrected chi connectivity index (χ4v) is 12.9. The minimum atomic E-state index is -3.20. The van der Waals surface area contributed by atoms with E-state index in [4.69, 9.17) is 0 Å². The molecule has 6 heteroatoms. The Bertz CT molecular complexity index is 1630. The van der Waals surface area contributed by atoms with Crippen LogP contribution in [-0.2, 0) is 6.16 Å². The normalized spacial score (nSPS) is 12.3. The Morgan fingerprint density at radius 1 is 0.725 bits per heavy atom. The summed E-state index contributed by atoms with van der Waals surface area (Å²) in [5.41, 5.74) is 2.78. The molecule has 0 aliphatic carbocycles. The first-order valence-corrected chi connectivity index (χ1v) is 17.2. The molecule has 4 nitrogen and oxygen atoms in total. The Morgan fingerprint density at radius 2 is 1.23 bits per heavy atom. The zero-order valence-corrected chi connectivity index (χ0v) is 24.1. The van der Waals surface area contributed by atoms with E-state index in [-0.39, 0.29) is 11.3 Å². The molecule has 0 aromatic heterocycles. The minimum absolute atomic E-state index is 0.0445. The third kappa shape index (κ3) is 5.00. The Hall–Kier alpha value is -4.36. The van der Waals surface area contributed by atoms with Gasteiger partial charge in [0.05, 0.1) is 0 Å². The molecular formula is C34H26BrN2O2P. The second-order valence-corrected chi connectivity index (χ2v) is 18.5. The number of nitro benzene ring substituents is 1. The number of hydrogen-bond acceptors (Lipinski definition) is 3. The van der Waals surface area contributed by atoms with Gasteiger partial charge in [0.15, 0.2) is 0 Å². The molecule has 40 heavy (non-hydrogen) atoms. The van der Waals surface area contributed by atoms with Crippen LogP contribution < -0.4 is 15.9 Å². The van der Waals surface area contributed by atoms with E-state index in [2.05, 4.69) is 106 Å². The van der Waals surface area contributed by atoms with Crippen molar-refractivity contribution in [2.24, 2.45) is 0 Å². The van der Waals surface area contributed by atoms with Crippen molar-refractivity contribution < 1.29 is 4.92 Å². The number of hydrogen-bond donors (Lipinski definition) is 0. The summed E-state index contributed by atoms with van der Waals surface area (Å²) >= 11 is 4.53. The van der Waals surface area contributed by atoms with Crippen molar-refractivity contribution >= 4 is 54.5 Å². The topological polar surface area (TPSA) is 66.9 Å². The summed E-state index contributed by atoms with van der Waals surface area (Å²) in [5.74, 6) is 0. The molecular weight excluding hydrogens is 579 g/mol. The van der Waals surface area contributed by atoms with Crippen molar-refractivity contribution in [3.63, 3.8) is 0 Å². The number of halogens is 1. The van der Waals surface area contributed by atoms with Gasteiger partial charge in [-0.05, 0) is 0 Å². The van der Waals surface area contributed by atoms with E-state index in [0.29, 0.717) is 0 Å². The molecule has 196 valence electrons. The van der Waals surface area contributed by atoms with Gasteiger partial charge in [0, 0.05) is 0 Å². The maximum absolute atomic E-state index is 11.3. The zero-order valence-electron chi connectivity index (χ0n) is 21.6. The van der Waals surface area contributed by atoms with Gasteiger partial charge in [-0.2, -0.15) is 0 Å². The molecule has 0 fully saturated rings. The van der Waals surface area contributed by atoms with E-state index in [1.54, 1.807) is 12.1 Å². The SMILES string of the molecule is N#Cc1cc(C=Cc2ccccc2CP(Br)(c2ccccc2)(c2ccccc2)c2ccccc2)ccc1[N+](=O)[O-]. The van der Waals surface area contributed by atoms with Crippen LogP contribution in [0.5, 0.6) is 0 Å². The van der Waals surface area contributed by atoms with E-state index in [0.717, 1.165) is 22.9 Å². The van der Waals surface area contributed by atoms with E-state index >= 15 is 0 Å². The summed E-state index contributed by atoms with van der Waals surface area (Å²) < 4.78 is 0. The van der Waals surface area contributed by atoms with Crippen LogP contribution in [0.3, 0.4) is 0 Å². The van der Waals surface area contributed by atoms with Crippen molar-refractivity contribution in [3.05, 3.63) is 166 Å². The number of nitrogens with zero attached hydrogens (tertiary/aromatic N) is 2. The summed E-state index contributed by atoms with van der Waals surface area (Å²) in [6.45, 7) is 0. The fraction of sp³-hybridized carbons (Fsp3) is 0.0294. The quantitative estimate of drug-likeness (QED) is 0.0780. The number of benzene rings is 5. The molecule has 0 N–H and O–H groups in total. The molecule has 5 aromatic carbocycles. The molecule has 0 amide bonds. The van der Waals surface area contributed by atoms with Gasteiger partial charge in [0.25, 0.3) is 0 Å². The molecule has 0 radical (unpaired) electrons. The average Bonchev–Trinajstić information content (AvgIpc) is 3.01. The van der Waals surface area contributed by atoms with E-state index in [1.807, 2.05) is 42.5 Å². The van der Waals surface area contributed by atoms with Gasteiger partial charge in [0.1, 0.15) is 0 Å². The van der Waals surface area contributed by atoms with Crippen molar-refractivity contribution in [3.8, 4) is 6.07 Å². The van der Waals surface area contributed by atoms with Crippen LogP contribution in [0, 0.1) is 21.4 Å². The maximum atomic E-state index is 11.3. The van der Waals surface area contributed by atoms with Gasteiger partial charge in [0.2, 0.25) is 0 Å². The van der Waals surface area contributed by atoms with Crippen LogP contribution in [0.4, 0.5) is 5.69 Å². The summed E-state index contributed by atoms with van der Waals surface area (Å²) in [5, 5.41) is 21.2. The molecule has 0 spiro atoms. The molecule has 5 rings (SSSR count). The number of nitro groups is 1. The van der Waals surface area contributed by atoms with Crippen molar-refractivity contribution in [2.45, 2.75) is 6.16 Å². The molecule has 0 unspecified atom stereocenters. The Labute approximate surface area is 242 Å². The Kier molecular flexibility index (Phi) is 7.76. The van der Waals surface area contributed by atoms with Crippen molar-refractivity contribution in [2.75, 3.05) is 0 Å². The first kappa shape index (κ1) is 27.2. The summed E-state index contributed by atoms with van der Waals surface area (Å²) in [6, 6.07) is 46.8. The molecule has 5 aromatic rings. The third-order valence-corrected chi connectivity index (χ3v) is 16.7. The predicted octanol–water partition coefficient (Wildman–Crippen LogP) is 7.98. The second-order valence-electron chi connectivity index (χ2n) is 9.53. The van der Waals surface area contributed by atoms with Crippen molar-refractivity contribution in [1.82, 2.24) is 0 Å². The summed E-state index contributed by atoms with van der Waals surface area (Å²) in [4.78, 5) is 10.7. The molecule has 0 saturated heterocycles. The van der Waals surface area contributed by atoms with Gasteiger partial charge in [-0.1, -0.05) is 0 Å². The molecule has 0 bridgehead atoms. The predicted molar refractivity (Wildman–Crippen MR) is 171 cm³/mol. The van der Waals surface area contributed by atoms with Crippen LogP contribution in [0.2, 0.25) is 0 Å². The molecule has 0 saturated carbocycles. The van der Waals surface area contributed by atoms with Crippen LogP contribution in [0.25, 0.3) is 12.2 Å². The Morgan fingerprint density at radius 3 is 1.73 bits per heavy atom. The number of nitriles is 1. The zero-order chi connectivity index (χ0) is 28.0. The van der Waals surface area contributed by atoms with Crippen LogP contribution >= 0.6 is 20.8 Å². The third-order valence-electron chi connectivity index (χ3n) is 7.20. The fourth-order valence-electron chi connectivity index (χ4n) is 5.19. The van der Waals surface area contributed by atoms with Crippen LogP contribution in [0.15, 0.2) is 133 Å². The first-order chi connectivity index (χ1) is 19.4. The van der Waals surface area contributed by atoms with E-state index in [1.165, 1.54) is 22.0 Å². The molecule has 0 atom stereocenters. The summed E-state index contributed by atoms with van der Waals surface area (Å²) in [7, 11) is 0. The van der Waals surface area contributed by atoms with Gasteiger partial charge in [-0.15, -0.1) is 0 Å². The van der Waals surface area contributed by atoms with Crippen LogP contribution in [0.1, 0.15) is 22.3 Å². The van der Waals surface area contributed by atoms with Crippen LogP contribution in [-0.4, -0.2) is 4.92 Å². The van der Waals surface area contributed by atoms with Gasteiger partial charge in [-0.25, -0.2) is 0 Å². The Balaban J connectivity index is 1.68. The van der Waals surface area contributed by atoms with E-state index in [9.17, 15) is 15.4 Å². The number of rotatable bonds is 8. The monoisotopic (exact) mass is 604 g/mol. The van der Waals surface area contributed by atoms with Gasteiger partial charge < -0.3 is 0 Å². The molecule has 0 aliphatic rings. The average molecular weight is 605 g/mol. The van der Waals surface area contributed by atoms with Gasteiger partial charge in [-0.3, -0.25) is 0 Å². The first-order valence-electron chi connectivity index (χ1n) is 12.8. The standard InChI is InChI=1S/C34H26BrN2O2P/c35-40(31-14-4-1-5-15-31,32-16-6-2-7-17-32,33-18-8-3-9-19-33)26-29-13-11-10-12-28(29)22-20-27-21-23-34(37(38)39)30(24-27)25-36/h1-24H,26H2. The second kappa shape index (κ2) is 11.4. The van der Waals surface area contributed by atoms with Crippen molar-refractivity contribution in [1.29, 1.82) is 5.26 Å². The van der Waals surface area contributed by atoms with Gasteiger partial charge >= 0.3 is 243 Å². The summed E-state index contributed by atoms with van der Waals surface area (Å²) in [6.07, 6.45) is 4.65. The van der Waals surface area contributed by atoms with E-state index < -0.39 is 10.2 Å². The molecule has 0 aliphatic heterocycles. The molecule has 0 heterocycles.